The van der Waals surface area contributed by atoms with Crippen molar-refractivity contribution >= 4 is 15.7 Å². The number of sulfone groups is 1. The summed E-state index contributed by atoms with van der Waals surface area (Å²) in [5.41, 5.74) is 0.366. The number of carbonyl (C=O) groups is 1. The smallest absolute Gasteiger partial charge is 0.251 e. The molecule has 0 saturated carbocycles. The van der Waals surface area contributed by atoms with Gasteiger partial charge in [-0.25, -0.2) is 8.42 Å². The van der Waals surface area contributed by atoms with Gasteiger partial charge in [-0.15, -0.1) is 0 Å². The lowest BCUT2D eigenvalue weighted by atomic mass is 10.2. The first-order valence-electron chi connectivity index (χ1n) is 7.26. The van der Waals surface area contributed by atoms with Crippen LogP contribution in [-0.4, -0.2) is 40.8 Å². The van der Waals surface area contributed by atoms with Gasteiger partial charge in [0.2, 0.25) is 0 Å². The topological polar surface area (TPSA) is 81.7 Å². The van der Waals surface area contributed by atoms with E-state index in [0.717, 1.165) is 0 Å². The fraction of sp³-hybridized carbons (Fsp3) is 0.235. The van der Waals surface area contributed by atoms with Gasteiger partial charge >= 0.3 is 0 Å². The predicted octanol–water partition coefficient (Wildman–Crippen LogP) is 1.91. The van der Waals surface area contributed by atoms with E-state index >= 15 is 0 Å². The molecule has 24 heavy (non-hydrogen) atoms. The molecule has 6 nitrogen and oxygen atoms in total. The van der Waals surface area contributed by atoms with Crippen LogP contribution < -0.4 is 14.8 Å². The van der Waals surface area contributed by atoms with Crippen LogP contribution in [0.4, 0.5) is 0 Å². The summed E-state index contributed by atoms with van der Waals surface area (Å²) in [6, 6.07) is 12.9. The monoisotopic (exact) mass is 349 g/mol. The molecule has 1 N–H and O–H groups in total. The van der Waals surface area contributed by atoms with Crippen LogP contribution in [0.15, 0.2) is 53.4 Å². The second-order valence-corrected chi connectivity index (χ2v) is 7.07. The molecule has 2 aromatic rings. The third-order valence-electron chi connectivity index (χ3n) is 3.40. The molecule has 7 heteroatoms. The number of hydrogen-bond donors (Lipinski definition) is 1. The van der Waals surface area contributed by atoms with Gasteiger partial charge in [-0.05, 0) is 30.3 Å². The van der Waals surface area contributed by atoms with Gasteiger partial charge in [-0.2, -0.15) is 0 Å². The van der Waals surface area contributed by atoms with Crippen LogP contribution in [0, 0.1) is 0 Å². The highest BCUT2D eigenvalue weighted by Crippen LogP contribution is 2.27. The van der Waals surface area contributed by atoms with Gasteiger partial charge in [0.15, 0.2) is 21.3 Å². The van der Waals surface area contributed by atoms with E-state index in [0.29, 0.717) is 17.1 Å². The molecule has 0 aliphatic rings. The molecule has 0 fully saturated rings. The zero-order chi connectivity index (χ0) is 17.6. The first-order valence-corrected chi connectivity index (χ1v) is 8.91. The fourth-order valence-electron chi connectivity index (χ4n) is 2.12. The van der Waals surface area contributed by atoms with Crippen molar-refractivity contribution in [1.82, 2.24) is 5.32 Å². The van der Waals surface area contributed by atoms with E-state index < -0.39 is 9.84 Å². The summed E-state index contributed by atoms with van der Waals surface area (Å²) >= 11 is 0. The van der Waals surface area contributed by atoms with Gasteiger partial charge in [-0.3, -0.25) is 4.79 Å². The minimum atomic E-state index is -3.42. The van der Waals surface area contributed by atoms with Crippen molar-refractivity contribution in [3.8, 4) is 11.5 Å². The van der Waals surface area contributed by atoms with Crippen LogP contribution in [0.3, 0.4) is 0 Å². The van der Waals surface area contributed by atoms with E-state index in [-0.39, 0.29) is 23.1 Å². The Balaban J connectivity index is 1.99. The van der Waals surface area contributed by atoms with Crippen LogP contribution in [0.25, 0.3) is 0 Å². The lowest BCUT2D eigenvalue weighted by Gasteiger charge is -2.10. The molecule has 0 bridgehead atoms. The summed E-state index contributed by atoms with van der Waals surface area (Å²) in [6.45, 7) is 0.0183. The summed E-state index contributed by atoms with van der Waals surface area (Å²) in [5.74, 6) is 0.401. The van der Waals surface area contributed by atoms with E-state index in [1.54, 1.807) is 36.4 Å². The molecular weight excluding hydrogens is 330 g/mol. The Morgan fingerprint density at radius 1 is 1.00 bits per heavy atom. The SMILES string of the molecule is COc1ccc(C(=O)NCCS(=O)(=O)c2ccccc2)cc1OC. The van der Waals surface area contributed by atoms with Crippen molar-refractivity contribution < 1.29 is 22.7 Å². The largest absolute Gasteiger partial charge is 0.493 e. The number of benzene rings is 2. The molecule has 0 saturated heterocycles. The molecule has 0 radical (unpaired) electrons. The van der Waals surface area contributed by atoms with E-state index in [2.05, 4.69) is 5.32 Å². The molecule has 2 aromatic carbocycles. The highest BCUT2D eigenvalue weighted by atomic mass is 32.2. The lowest BCUT2D eigenvalue weighted by molar-refractivity contribution is 0.0955. The zero-order valence-electron chi connectivity index (χ0n) is 13.5. The Bertz CT molecular complexity index is 803. The van der Waals surface area contributed by atoms with E-state index in [4.69, 9.17) is 9.47 Å². The summed E-state index contributed by atoms with van der Waals surface area (Å²) < 4.78 is 34.5. The number of rotatable bonds is 7. The van der Waals surface area contributed by atoms with Crippen LogP contribution in [-0.2, 0) is 9.84 Å². The van der Waals surface area contributed by atoms with Crippen molar-refractivity contribution in [3.05, 3.63) is 54.1 Å². The number of methoxy groups -OCH3 is 2. The number of ether oxygens (including phenoxy) is 2. The highest BCUT2D eigenvalue weighted by molar-refractivity contribution is 7.91. The Hall–Kier alpha value is -2.54. The second kappa shape index (κ2) is 7.83. The van der Waals surface area contributed by atoms with E-state index in [1.165, 1.54) is 26.4 Å². The molecular formula is C17H19NO5S. The minimum Gasteiger partial charge on any atom is -0.493 e. The molecule has 0 unspecified atom stereocenters. The van der Waals surface area contributed by atoms with Crippen molar-refractivity contribution in [2.75, 3.05) is 26.5 Å². The maximum Gasteiger partial charge on any atom is 0.251 e. The van der Waals surface area contributed by atoms with Crippen molar-refractivity contribution in [2.24, 2.45) is 0 Å². The maximum atomic E-state index is 12.1. The van der Waals surface area contributed by atoms with Crippen LogP contribution in [0.5, 0.6) is 11.5 Å². The summed E-state index contributed by atoms with van der Waals surface area (Å²) in [6.07, 6.45) is 0. The normalized spacial score (nSPS) is 10.9. The average Bonchev–Trinajstić information content (AvgIpc) is 2.61. The van der Waals surface area contributed by atoms with Gasteiger partial charge in [0, 0.05) is 12.1 Å². The fourth-order valence-corrected chi connectivity index (χ4v) is 3.30. The van der Waals surface area contributed by atoms with Crippen molar-refractivity contribution in [1.29, 1.82) is 0 Å². The molecule has 0 atom stereocenters. The third kappa shape index (κ3) is 4.26. The number of nitrogens with one attached hydrogen (secondary N) is 1. The summed E-state index contributed by atoms with van der Waals surface area (Å²) in [4.78, 5) is 12.4. The predicted molar refractivity (Wildman–Crippen MR) is 90.4 cm³/mol. The molecule has 0 aromatic heterocycles. The number of amides is 1. The van der Waals surface area contributed by atoms with Crippen molar-refractivity contribution in [3.63, 3.8) is 0 Å². The second-order valence-electron chi connectivity index (χ2n) is 4.96. The van der Waals surface area contributed by atoms with Crippen molar-refractivity contribution in [2.45, 2.75) is 4.90 Å². The van der Waals surface area contributed by atoms with Gasteiger partial charge < -0.3 is 14.8 Å². The van der Waals surface area contributed by atoms with Gasteiger partial charge in [0.25, 0.3) is 5.91 Å². The van der Waals surface area contributed by atoms with Gasteiger partial charge in [-0.1, -0.05) is 18.2 Å². The Labute approximate surface area is 141 Å². The maximum absolute atomic E-state index is 12.1. The van der Waals surface area contributed by atoms with Crippen LogP contribution >= 0.6 is 0 Å². The Kier molecular flexibility index (Phi) is 5.81. The Morgan fingerprint density at radius 3 is 2.29 bits per heavy atom. The first kappa shape index (κ1) is 17.8. The van der Waals surface area contributed by atoms with Crippen LogP contribution in [0.1, 0.15) is 10.4 Å². The number of carbonyl (C=O) groups excluding carboxylic acids is 1. The van der Waals surface area contributed by atoms with Crippen LogP contribution in [0.2, 0.25) is 0 Å². The standard InChI is InChI=1S/C17H19NO5S/c1-22-15-9-8-13(12-16(15)23-2)17(19)18-10-11-24(20,21)14-6-4-3-5-7-14/h3-9,12H,10-11H2,1-2H3,(H,18,19). The number of hydrogen-bond acceptors (Lipinski definition) is 5. The minimum absolute atomic E-state index is 0.0183. The van der Waals surface area contributed by atoms with Gasteiger partial charge in [0.1, 0.15) is 0 Å². The molecule has 128 valence electrons. The highest BCUT2D eigenvalue weighted by Gasteiger charge is 2.15. The summed E-state index contributed by atoms with van der Waals surface area (Å²) in [5, 5.41) is 2.60. The molecule has 1 amide bonds. The molecule has 0 spiro atoms. The zero-order valence-corrected chi connectivity index (χ0v) is 14.3. The lowest BCUT2D eigenvalue weighted by Crippen LogP contribution is -2.29. The van der Waals surface area contributed by atoms with Gasteiger partial charge in [0.05, 0.1) is 24.9 Å². The van der Waals surface area contributed by atoms with E-state index in [1.807, 2.05) is 0 Å². The molecule has 0 aliphatic carbocycles. The Morgan fingerprint density at radius 2 is 1.67 bits per heavy atom. The molecule has 0 aliphatic heterocycles. The quantitative estimate of drug-likeness (QED) is 0.826. The van der Waals surface area contributed by atoms with E-state index in [9.17, 15) is 13.2 Å². The first-order chi connectivity index (χ1) is 11.5. The average molecular weight is 349 g/mol. The summed E-state index contributed by atoms with van der Waals surface area (Å²) in [7, 11) is -0.437. The molecule has 0 heterocycles. The molecule has 2 rings (SSSR count). The third-order valence-corrected chi connectivity index (χ3v) is 5.14.